The van der Waals surface area contributed by atoms with E-state index in [1.165, 1.54) is 11.1 Å². The normalized spacial score (nSPS) is 10.4. The lowest BCUT2D eigenvalue weighted by Crippen LogP contribution is -2.11. The predicted octanol–water partition coefficient (Wildman–Crippen LogP) is 5.60. The molecule has 0 atom stereocenters. The Morgan fingerprint density at radius 3 is 2.48 bits per heavy atom. The lowest BCUT2D eigenvalue weighted by atomic mass is 10.0. The topological polar surface area (TPSA) is 30.5 Å². The second-order valence-corrected chi connectivity index (χ2v) is 6.57. The van der Waals surface area contributed by atoms with Gasteiger partial charge in [0.15, 0.2) is 0 Å². The van der Waals surface area contributed by atoms with E-state index in [2.05, 4.69) is 38.2 Å². The molecule has 2 aromatic rings. The Labute approximate surface area is 156 Å². The van der Waals surface area contributed by atoms with E-state index in [0.29, 0.717) is 6.61 Å². The number of anilines is 1. The molecule has 3 nitrogen and oxygen atoms in total. The molecule has 134 valence electrons. The van der Waals surface area contributed by atoms with Crippen molar-refractivity contribution in [1.29, 1.82) is 0 Å². The zero-order valence-corrected chi connectivity index (χ0v) is 16.5. The number of nitrogens with one attached hydrogen (secondary N) is 1. The van der Waals surface area contributed by atoms with E-state index in [1.807, 2.05) is 25.1 Å². The SMILES string of the molecule is CCC(=S)Nc1cccc(OC)c1COc1cc(C)c(CC)cc1C. The van der Waals surface area contributed by atoms with Gasteiger partial charge in [-0.25, -0.2) is 0 Å². The van der Waals surface area contributed by atoms with E-state index in [-0.39, 0.29) is 0 Å². The summed E-state index contributed by atoms with van der Waals surface area (Å²) >= 11 is 5.33. The Morgan fingerprint density at radius 1 is 1.08 bits per heavy atom. The van der Waals surface area contributed by atoms with Gasteiger partial charge in [0.2, 0.25) is 0 Å². The van der Waals surface area contributed by atoms with Crippen LogP contribution in [0, 0.1) is 13.8 Å². The molecule has 0 aromatic heterocycles. The summed E-state index contributed by atoms with van der Waals surface area (Å²) in [6, 6.07) is 10.2. The van der Waals surface area contributed by atoms with Gasteiger partial charge in [0.25, 0.3) is 0 Å². The summed E-state index contributed by atoms with van der Waals surface area (Å²) in [6.07, 6.45) is 1.83. The fourth-order valence-corrected chi connectivity index (χ4v) is 2.91. The molecule has 0 aliphatic rings. The molecular formula is C21H27NO2S. The number of methoxy groups -OCH3 is 1. The molecule has 0 saturated carbocycles. The van der Waals surface area contributed by atoms with Gasteiger partial charge in [-0.05, 0) is 61.6 Å². The van der Waals surface area contributed by atoms with Gasteiger partial charge >= 0.3 is 0 Å². The minimum absolute atomic E-state index is 0.421. The van der Waals surface area contributed by atoms with E-state index in [1.54, 1.807) is 7.11 Å². The monoisotopic (exact) mass is 357 g/mol. The molecule has 0 spiro atoms. The van der Waals surface area contributed by atoms with Gasteiger partial charge in [-0.1, -0.05) is 38.2 Å². The summed E-state index contributed by atoms with van der Waals surface area (Å²) in [4.78, 5) is 0.800. The number of ether oxygens (including phenoxy) is 2. The molecule has 0 saturated heterocycles. The molecule has 2 aromatic carbocycles. The zero-order valence-electron chi connectivity index (χ0n) is 15.7. The van der Waals surface area contributed by atoms with Gasteiger partial charge in [-0.2, -0.15) is 0 Å². The first-order valence-electron chi connectivity index (χ1n) is 8.68. The third kappa shape index (κ3) is 4.73. The van der Waals surface area contributed by atoms with E-state index in [4.69, 9.17) is 21.7 Å². The Morgan fingerprint density at radius 2 is 1.84 bits per heavy atom. The highest BCUT2D eigenvalue weighted by molar-refractivity contribution is 7.80. The van der Waals surface area contributed by atoms with Crippen LogP contribution in [0.1, 0.15) is 42.5 Å². The Kier molecular flexibility index (Phi) is 6.82. The fourth-order valence-electron chi connectivity index (χ4n) is 2.80. The second-order valence-electron chi connectivity index (χ2n) is 6.07. The molecular weight excluding hydrogens is 330 g/mol. The summed E-state index contributed by atoms with van der Waals surface area (Å²) < 4.78 is 11.7. The number of rotatable bonds is 7. The molecule has 0 bridgehead atoms. The number of benzene rings is 2. The standard InChI is InChI=1S/C21H27NO2S/c1-6-16-11-15(4)20(12-14(16)3)24-13-17-18(22-21(25)7-2)9-8-10-19(17)23-5/h8-12H,6-7,13H2,1-5H3,(H,22,25). The summed E-state index contributed by atoms with van der Waals surface area (Å²) in [5.74, 6) is 1.70. The van der Waals surface area contributed by atoms with E-state index >= 15 is 0 Å². The molecule has 0 heterocycles. The van der Waals surface area contributed by atoms with E-state index in [0.717, 1.165) is 46.1 Å². The van der Waals surface area contributed by atoms with Crippen LogP contribution in [0.15, 0.2) is 30.3 Å². The Bertz CT molecular complexity index is 756. The predicted molar refractivity (Wildman–Crippen MR) is 109 cm³/mol. The van der Waals surface area contributed by atoms with Crippen molar-refractivity contribution in [3.8, 4) is 11.5 Å². The lowest BCUT2D eigenvalue weighted by Gasteiger charge is -2.18. The second kappa shape index (κ2) is 8.86. The summed E-state index contributed by atoms with van der Waals surface area (Å²) in [5, 5.41) is 3.29. The molecule has 0 aliphatic carbocycles. The molecule has 2 rings (SSSR count). The maximum absolute atomic E-state index is 6.14. The highest BCUT2D eigenvalue weighted by Crippen LogP contribution is 2.30. The van der Waals surface area contributed by atoms with Gasteiger partial charge in [-0.3, -0.25) is 0 Å². The molecule has 1 N–H and O–H groups in total. The van der Waals surface area contributed by atoms with Crippen molar-refractivity contribution in [2.75, 3.05) is 12.4 Å². The minimum Gasteiger partial charge on any atom is -0.496 e. The highest BCUT2D eigenvalue weighted by atomic mass is 32.1. The van der Waals surface area contributed by atoms with E-state index in [9.17, 15) is 0 Å². The fraction of sp³-hybridized carbons (Fsp3) is 0.381. The lowest BCUT2D eigenvalue weighted by molar-refractivity contribution is 0.295. The van der Waals surface area contributed by atoms with Crippen LogP contribution in [0.5, 0.6) is 11.5 Å². The first-order valence-corrected chi connectivity index (χ1v) is 9.09. The maximum Gasteiger partial charge on any atom is 0.127 e. The third-order valence-electron chi connectivity index (χ3n) is 4.33. The number of hydrogen-bond donors (Lipinski definition) is 1. The largest absolute Gasteiger partial charge is 0.496 e. The molecule has 0 amide bonds. The van der Waals surface area contributed by atoms with Crippen LogP contribution in [0.3, 0.4) is 0 Å². The van der Waals surface area contributed by atoms with Crippen molar-refractivity contribution in [1.82, 2.24) is 0 Å². The maximum atomic E-state index is 6.14. The van der Waals surface area contributed by atoms with Crippen molar-refractivity contribution < 1.29 is 9.47 Å². The van der Waals surface area contributed by atoms with E-state index < -0.39 is 0 Å². The van der Waals surface area contributed by atoms with Crippen molar-refractivity contribution >= 4 is 22.9 Å². The van der Waals surface area contributed by atoms with Gasteiger partial charge in [-0.15, -0.1) is 0 Å². The van der Waals surface area contributed by atoms with Crippen LogP contribution < -0.4 is 14.8 Å². The average Bonchev–Trinajstić information content (AvgIpc) is 2.62. The van der Waals surface area contributed by atoms with Crippen molar-refractivity contribution in [3.63, 3.8) is 0 Å². The van der Waals surface area contributed by atoms with Crippen LogP contribution in [0.25, 0.3) is 0 Å². The summed E-state index contributed by atoms with van der Waals surface area (Å²) in [7, 11) is 1.67. The molecule has 0 fully saturated rings. The zero-order chi connectivity index (χ0) is 18.4. The first kappa shape index (κ1) is 19.3. The van der Waals surface area contributed by atoms with Crippen molar-refractivity contribution in [3.05, 3.63) is 52.6 Å². The molecule has 25 heavy (non-hydrogen) atoms. The van der Waals surface area contributed by atoms with Crippen LogP contribution in [0.4, 0.5) is 5.69 Å². The molecule has 0 radical (unpaired) electrons. The molecule has 4 heteroatoms. The van der Waals surface area contributed by atoms with Crippen molar-refractivity contribution in [2.45, 2.75) is 47.1 Å². The van der Waals surface area contributed by atoms with Crippen LogP contribution in [-0.4, -0.2) is 12.1 Å². The van der Waals surface area contributed by atoms with Crippen LogP contribution in [-0.2, 0) is 13.0 Å². The molecule has 0 aliphatic heterocycles. The smallest absolute Gasteiger partial charge is 0.127 e. The van der Waals surface area contributed by atoms with Gasteiger partial charge < -0.3 is 14.8 Å². The van der Waals surface area contributed by atoms with Gasteiger partial charge in [0.1, 0.15) is 18.1 Å². The number of thiocarbonyl (C=S) groups is 1. The Balaban J connectivity index is 2.28. The molecule has 0 unspecified atom stereocenters. The minimum atomic E-state index is 0.421. The first-order chi connectivity index (χ1) is 12.0. The van der Waals surface area contributed by atoms with Gasteiger partial charge in [0.05, 0.1) is 17.7 Å². The van der Waals surface area contributed by atoms with Crippen molar-refractivity contribution in [2.24, 2.45) is 0 Å². The summed E-state index contributed by atoms with van der Waals surface area (Å²) in [5.41, 5.74) is 5.67. The summed E-state index contributed by atoms with van der Waals surface area (Å²) in [6.45, 7) is 8.84. The van der Waals surface area contributed by atoms with Crippen LogP contribution >= 0.6 is 12.2 Å². The van der Waals surface area contributed by atoms with Crippen LogP contribution in [0.2, 0.25) is 0 Å². The average molecular weight is 358 g/mol. The Hall–Kier alpha value is -2.07. The van der Waals surface area contributed by atoms with Gasteiger partial charge in [0, 0.05) is 5.69 Å². The highest BCUT2D eigenvalue weighted by Gasteiger charge is 2.12. The number of hydrogen-bond acceptors (Lipinski definition) is 3. The third-order valence-corrected chi connectivity index (χ3v) is 4.73. The number of aryl methyl sites for hydroxylation is 3. The quantitative estimate of drug-likeness (QED) is 0.653.